The van der Waals surface area contributed by atoms with Gasteiger partial charge in [0.2, 0.25) is 5.91 Å². The molecule has 2 aliphatic rings. The maximum absolute atomic E-state index is 12.9. The highest BCUT2D eigenvalue weighted by Gasteiger charge is 2.55. The zero-order chi connectivity index (χ0) is 20.3. The van der Waals surface area contributed by atoms with Gasteiger partial charge < -0.3 is 15.5 Å². The molecule has 3 rings (SSSR count). The molecule has 0 aromatic heterocycles. The van der Waals surface area contributed by atoms with E-state index in [9.17, 15) is 14.4 Å². The first kappa shape index (κ1) is 20.2. The normalized spacial score (nSPS) is 24.4. The molecular weight excluding hydrogens is 356 g/mol. The predicted molar refractivity (Wildman–Crippen MR) is 109 cm³/mol. The first-order valence-electron chi connectivity index (χ1n) is 10.2. The molecule has 2 atom stereocenters. The summed E-state index contributed by atoms with van der Waals surface area (Å²) in [4.78, 5) is 41.0. The van der Waals surface area contributed by atoms with E-state index in [0.717, 1.165) is 42.9 Å². The summed E-state index contributed by atoms with van der Waals surface area (Å²) in [5, 5.41) is 5.66. The summed E-state index contributed by atoms with van der Waals surface area (Å²) >= 11 is 0. The summed E-state index contributed by atoms with van der Waals surface area (Å²) in [6.45, 7) is 7.74. The number of urea groups is 1. The fourth-order valence-corrected chi connectivity index (χ4v) is 4.33. The average molecular weight is 386 g/mol. The van der Waals surface area contributed by atoms with Crippen molar-refractivity contribution >= 4 is 29.2 Å². The number of hydrogen-bond acceptors (Lipinski definition) is 4. The van der Waals surface area contributed by atoms with E-state index >= 15 is 0 Å². The first-order valence-corrected chi connectivity index (χ1v) is 10.2. The van der Waals surface area contributed by atoms with Crippen molar-refractivity contribution in [1.29, 1.82) is 0 Å². The van der Waals surface area contributed by atoms with Crippen LogP contribution in [0, 0.1) is 5.92 Å². The third-order valence-electron chi connectivity index (χ3n) is 6.08. The lowest BCUT2D eigenvalue weighted by Gasteiger charge is -2.36. The quantitative estimate of drug-likeness (QED) is 0.737. The SMILES string of the molecule is CCN(CC)c1ccc(NC(=O)CN2C(=O)NC3(CCCCC3C)C2=O)cc1. The van der Waals surface area contributed by atoms with Gasteiger partial charge in [-0.25, -0.2) is 4.79 Å². The minimum Gasteiger partial charge on any atom is -0.372 e. The van der Waals surface area contributed by atoms with Crippen molar-refractivity contribution in [1.82, 2.24) is 10.2 Å². The van der Waals surface area contributed by atoms with Gasteiger partial charge in [0.25, 0.3) is 5.91 Å². The molecule has 1 aliphatic carbocycles. The molecule has 28 heavy (non-hydrogen) atoms. The average Bonchev–Trinajstić information content (AvgIpc) is 2.91. The second-order valence-electron chi connectivity index (χ2n) is 7.71. The number of imide groups is 1. The summed E-state index contributed by atoms with van der Waals surface area (Å²) in [5.41, 5.74) is 0.903. The van der Waals surface area contributed by atoms with Gasteiger partial charge in [0.05, 0.1) is 0 Å². The van der Waals surface area contributed by atoms with E-state index in [1.165, 1.54) is 0 Å². The van der Waals surface area contributed by atoms with Gasteiger partial charge in [-0.2, -0.15) is 0 Å². The Bertz CT molecular complexity index is 745. The Morgan fingerprint density at radius 1 is 1.21 bits per heavy atom. The number of anilines is 2. The number of carbonyl (C=O) groups excluding carboxylic acids is 3. The van der Waals surface area contributed by atoms with Crippen molar-refractivity contribution in [3.63, 3.8) is 0 Å². The molecule has 2 unspecified atom stereocenters. The Kier molecular flexibility index (Phi) is 5.91. The third kappa shape index (κ3) is 3.70. The van der Waals surface area contributed by atoms with Gasteiger partial charge in [0.15, 0.2) is 0 Å². The van der Waals surface area contributed by atoms with Gasteiger partial charge in [-0.15, -0.1) is 0 Å². The molecule has 7 nitrogen and oxygen atoms in total. The molecule has 1 aromatic rings. The Morgan fingerprint density at radius 2 is 1.89 bits per heavy atom. The number of benzene rings is 1. The fraction of sp³-hybridized carbons (Fsp3) is 0.571. The zero-order valence-corrected chi connectivity index (χ0v) is 17.0. The lowest BCUT2D eigenvalue weighted by Crippen LogP contribution is -2.54. The van der Waals surface area contributed by atoms with Gasteiger partial charge in [-0.3, -0.25) is 14.5 Å². The number of nitrogens with one attached hydrogen (secondary N) is 2. The van der Waals surface area contributed by atoms with Crippen molar-refractivity contribution in [2.24, 2.45) is 5.92 Å². The van der Waals surface area contributed by atoms with Crippen LogP contribution < -0.4 is 15.5 Å². The molecule has 1 aliphatic heterocycles. The number of hydrogen-bond donors (Lipinski definition) is 2. The number of amides is 4. The van der Waals surface area contributed by atoms with E-state index in [4.69, 9.17) is 0 Å². The Labute approximate surface area is 166 Å². The van der Waals surface area contributed by atoms with Crippen molar-refractivity contribution < 1.29 is 14.4 Å². The summed E-state index contributed by atoms with van der Waals surface area (Å²) in [6.07, 6.45) is 3.53. The van der Waals surface area contributed by atoms with Crippen LogP contribution >= 0.6 is 0 Å². The van der Waals surface area contributed by atoms with Crippen LogP contribution in [0.3, 0.4) is 0 Å². The number of carbonyl (C=O) groups is 3. The smallest absolute Gasteiger partial charge is 0.325 e. The second-order valence-corrected chi connectivity index (χ2v) is 7.71. The van der Waals surface area contributed by atoms with Crippen LogP contribution in [0.1, 0.15) is 46.5 Å². The standard InChI is InChI=1S/C21H30N4O3/c1-4-24(5-2)17-11-9-16(10-12-17)22-18(26)14-25-19(27)21(23-20(25)28)13-7-6-8-15(21)3/h9-12,15H,4-8,13-14H2,1-3H3,(H,22,26)(H,23,28). The molecule has 7 heteroatoms. The Morgan fingerprint density at radius 3 is 2.50 bits per heavy atom. The highest BCUT2D eigenvalue weighted by Crippen LogP contribution is 2.38. The summed E-state index contributed by atoms with van der Waals surface area (Å²) < 4.78 is 0. The molecule has 1 spiro atoms. The summed E-state index contributed by atoms with van der Waals surface area (Å²) in [5.74, 6) is -0.560. The van der Waals surface area contributed by atoms with Gasteiger partial charge in [-0.05, 0) is 56.9 Å². The zero-order valence-electron chi connectivity index (χ0n) is 17.0. The Balaban J connectivity index is 1.63. The molecule has 1 saturated heterocycles. The van der Waals surface area contributed by atoms with Crippen LogP contribution in [-0.2, 0) is 9.59 Å². The maximum atomic E-state index is 12.9. The largest absolute Gasteiger partial charge is 0.372 e. The first-order chi connectivity index (χ1) is 13.4. The number of rotatable bonds is 6. The molecule has 2 fully saturated rings. The van der Waals surface area contributed by atoms with Gasteiger partial charge in [-0.1, -0.05) is 19.8 Å². The van der Waals surface area contributed by atoms with Crippen molar-refractivity contribution in [2.45, 2.75) is 52.0 Å². The highest BCUT2D eigenvalue weighted by atomic mass is 16.2. The highest BCUT2D eigenvalue weighted by molar-refractivity contribution is 6.10. The van der Waals surface area contributed by atoms with Crippen LogP contribution in [0.4, 0.5) is 16.2 Å². The van der Waals surface area contributed by atoms with E-state index in [1.54, 1.807) is 0 Å². The van der Waals surface area contributed by atoms with Gasteiger partial charge in [0, 0.05) is 24.5 Å². The van der Waals surface area contributed by atoms with Crippen molar-refractivity contribution in [3.8, 4) is 0 Å². The van der Waals surface area contributed by atoms with E-state index < -0.39 is 11.6 Å². The molecule has 1 saturated carbocycles. The lowest BCUT2D eigenvalue weighted by atomic mass is 9.73. The van der Waals surface area contributed by atoms with Gasteiger partial charge >= 0.3 is 6.03 Å². The van der Waals surface area contributed by atoms with Gasteiger partial charge in [0.1, 0.15) is 12.1 Å². The summed E-state index contributed by atoms with van der Waals surface area (Å²) in [7, 11) is 0. The van der Waals surface area contributed by atoms with E-state index in [0.29, 0.717) is 12.1 Å². The summed E-state index contributed by atoms with van der Waals surface area (Å²) in [6, 6.07) is 7.11. The van der Waals surface area contributed by atoms with Crippen LogP contribution in [0.15, 0.2) is 24.3 Å². The van der Waals surface area contributed by atoms with Crippen LogP contribution in [0.5, 0.6) is 0 Å². The third-order valence-corrected chi connectivity index (χ3v) is 6.08. The van der Waals surface area contributed by atoms with E-state index in [-0.39, 0.29) is 24.3 Å². The van der Waals surface area contributed by atoms with Crippen LogP contribution in [0.2, 0.25) is 0 Å². The molecule has 0 bridgehead atoms. The second kappa shape index (κ2) is 8.20. The van der Waals surface area contributed by atoms with Crippen LogP contribution in [0.25, 0.3) is 0 Å². The minimum absolute atomic E-state index is 0.0818. The molecule has 4 amide bonds. The predicted octanol–water partition coefficient (Wildman–Crippen LogP) is 2.97. The fourth-order valence-electron chi connectivity index (χ4n) is 4.33. The lowest BCUT2D eigenvalue weighted by molar-refractivity contribution is -0.136. The van der Waals surface area contributed by atoms with Crippen molar-refractivity contribution in [3.05, 3.63) is 24.3 Å². The molecular formula is C21H30N4O3. The minimum atomic E-state index is -0.832. The van der Waals surface area contributed by atoms with E-state index in [1.807, 2.05) is 31.2 Å². The molecule has 2 N–H and O–H groups in total. The Hall–Kier alpha value is -2.57. The molecule has 1 aromatic carbocycles. The molecule has 1 heterocycles. The monoisotopic (exact) mass is 386 g/mol. The maximum Gasteiger partial charge on any atom is 0.325 e. The molecule has 152 valence electrons. The van der Waals surface area contributed by atoms with Crippen LogP contribution in [-0.4, -0.2) is 47.9 Å². The topological polar surface area (TPSA) is 81.8 Å². The molecule has 0 radical (unpaired) electrons. The van der Waals surface area contributed by atoms with E-state index in [2.05, 4.69) is 29.4 Å². The van der Waals surface area contributed by atoms with Crippen molar-refractivity contribution in [2.75, 3.05) is 29.9 Å². The number of nitrogens with zero attached hydrogens (tertiary/aromatic N) is 2.